The zero-order chi connectivity index (χ0) is 14.7. The van der Waals surface area contributed by atoms with Gasteiger partial charge in [0.05, 0.1) is 12.6 Å². The number of piperidine rings is 1. The van der Waals surface area contributed by atoms with E-state index in [-0.39, 0.29) is 11.9 Å². The Bertz CT molecular complexity index is 581. The number of rotatable bonds is 4. The number of likely N-dealkylation sites (tertiary alicyclic amines) is 1. The number of hydrogen-bond acceptors (Lipinski definition) is 3. The van der Waals surface area contributed by atoms with E-state index in [4.69, 9.17) is 4.42 Å². The molecule has 0 aliphatic carbocycles. The molecule has 3 rings (SSSR count). The normalized spacial score (nSPS) is 17.1. The van der Waals surface area contributed by atoms with Gasteiger partial charge in [-0.15, -0.1) is 0 Å². The molecule has 1 atom stereocenters. The maximum Gasteiger partial charge on any atom is 0.239 e. The highest BCUT2D eigenvalue weighted by Crippen LogP contribution is 2.18. The van der Waals surface area contributed by atoms with E-state index in [0.29, 0.717) is 6.54 Å². The molecule has 1 saturated heterocycles. The summed E-state index contributed by atoms with van der Waals surface area (Å²) in [5.41, 5.74) is 0.893. The second-order valence-electron chi connectivity index (χ2n) is 5.74. The van der Waals surface area contributed by atoms with E-state index in [2.05, 4.69) is 5.32 Å². The number of hydrogen-bond donors (Lipinski definition) is 1. The quantitative estimate of drug-likeness (QED) is 0.940. The van der Waals surface area contributed by atoms with Crippen molar-refractivity contribution in [2.75, 3.05) is 13.1 Å². The number of amides is 1. The van der Waals surface area contributed by atoms with Crippen LogP contribution in [0.1, 0.15) is 31.9 Å². The lowest BCUT2D eigenvalue weighted by molar-refractivity contribution is -0.134. The van der Waals surface area contributed by atoms with E-state index in [1.165, 1.54) is 6.42 Å². The maximum atomic E-state index is 12.3. The molecule has 1 aliphatic heterocycles. The van der Waals surface area contributed by atoms with Gasteiger partial charge in [0.25, 0.3) is 0 Å². The number of nitrogens with one attached hydrogen (secondary N) is 1. The first-order valence-corrected chi connectivity index (χ1v) is 7.73. The van der Waals surface area contributed by atoms with Gasteiger partial charge in [-0.1, -0.05) is 18.2 Å². The Hall–Kier alpha value is -1.81. The Morgan fingerprint density at radius 1 is 1.29 bits per heavy atom. The van der Waals surface area contributed by atoms with Gasteiger partial charge in [0, 0.05) is 18.5 Å². The third-order valence-electron chi connectivity index (χ3n) is 4.10. The highest BCUT2D eigenvalue weighted by Gasteiger charge is 2.21. The van der Waals surface area contributed by atoms with Gasteiger partial charge >= 0.3 is 0 Å². The zero-order valence-electron chi connectivity index (χ0n) is 12.5. The molecule has 2 heterocycles. The van der Waals surface area contributed by atoms with Crippen molar-refractivity contribution in [3.8, 4) is 0 Å². The Labute approximate surface area is 125 Å². The standard InChI is InChI=1S/C17H22N2O2/c1-13(17(20)19-9-5-2-6-10-19)18-12-15-11-14-7-3-4-8-16(14)21-15/h3-4,7-8,11,13,18H,2,5-6,9-10,12H2,1H3. The van der Waals surface area contributed by atoms with Crippen molar-refractivity contribution >= 4 is 16.9 Å². The molecule has 0 saturated carbocycles. The molecule has 112 valence electrons. The fraction of sp³-hybridized carbons (Fsp3) is 0.471. The van der Waals surface area contributed by atoms with Crippen LogP contribution in [0, 0.1) is 0 Å². The first-order valence-electron chi connectivity index (χ1n) is 7.73. The SMILES string of the molecule is CC(NCc1cc2ccccc2o1)C(=O)N1CCCCC1. The van der Waals surface area contributed by atoms with Gasteiger partial charge in [0.15, 0.2) is 0 Å². The second-order valence-corrected chi connectivity index (χ2v) is 5.74. The Kier molecular flexibility index (Phi) is 4.25. The fourth-order valence-corrected chi connectivity index (χ4v) is 2.85. The molecule has 4 nitrogen and oxygen atoms in total. The average Bonchev–Trinajstić information content (AvgIpc) is 2.95. The van der Waals surface area contributed by atoms with Crippen molar-refractivity contribution in [2.24, 2.45) is 0 Å². The van der Waals surface area contributed by atoms with E-state index in [0.717, 1.165) is 42.7 Å². The predicted octanol–water partition coefficient (Wildman–Crippen LogP) is 2.92. The minimum absolute atomic E-state index is 0.170. The predicted molar refractivity (Wildman–Crippen MR) is 82.9 cm³/mol. The van der Waals surface area contributed by atoms with Gasteiger partial charge in [-0.25, -0.2) is 0 Å². The van der Waals surface area contributed by atoms with Crippen LogP contribution in [0.25, 0.3) is 11.0 Å². The lowest BCUT2D eigenvalue weighted by Gasteiger charge is -2.29. The maximum absolute atomic E-state index is 12.3. The summed E-state index contributed by atoms with van der Waals surface area (Å²) in [6.45, 7) is 4.31. The Balaban J connectivity index is 1.57. The van der Waals surface area contributed by atoms with E-state index in [9.17, 15) is 4.79 Å². The number of nitrogens with zero attached hydrogens (tertiary/aromatic N) is 1. The van der Waals surface area contributed by atoms with Crippen molar-refractivity contribution in [3.05, 3.63) is 36.1 Å². The van der Waals surface area contributed by atoms with Crippen LogP contribution in [0.5, 0.6) is 0 Å². The number of benzene rings is 1. The van der Waals surface area contributed by atoms with Gasteiger partial charge in [-0.3, -0.25) is 10.1 Å². The first-order chi connectivity index (χ1) is 10.2. The molecule has 1 unspecified atom stereocenters. The average molecular weight is 286 g/mol. The summed E-state index contributed by atoms with van der Waals surface area (Å²) in [5, 5.41) is 4.37. The summed E-state index contributed by atoms with van der Waals surface area (Å²) in [5.74, 6) is 1.07. The molecule has 4 heteroatoms. The van der Waals surface area contributed by atoms with Crippen LogP contribution in [-0.2, 0) is 11.3 Å². The third kappa shape index (κ3) is 3.27. The van der Waals surface area contributed by atoms with Crippen molar-refractivity contribution in [2.45, 2.75) is 38.8 Å². The number of carbonyl (C=O) groups is 1. The molecule has 0 radical (unpaired) electrons. The zero-order valence-corrected chi connectivity index (χ0v) is 12.5. The molecule has 2 aromatic rings. The van der Waals surface area contributed by atoms with E-state index in [1.807, 2.05) is 42.2 Å². The fourth-order valence-electron chi connectivity index (χ4n) is 2.85. The van der Waals surface area contributed by atoms with Crippen LogP contribution in [0.3, 0.4) is 0 Å². The third-order valence-corrected chi connectivity index (χ3v) is 4.10. The smallest absolute Gasteiger partial charge is 0.239 e. The molecule has 1 aliphatic rings. The molecule has 0 spiro atoms. The number of fused-ring (bicyclic) bond motifs is 1. The molecule has 0 bridgehead atoms. The minimum Gasteiger partial charge on any atom is -0.460 e. The topological polar surface area (TPSA) is 45.5 Å². The van der Waals surface area contributed by atoms with Crippen LogP contribution in [-0.4, -0.2) is 29.9 Å². The summed E-state index contributed by atoms with van der Waals surface area (Å²) in [4.78, 5) is 14.3. The van der Waals surface area contributed by atoms with E-state index < -0.39 is 0 Å². The Morgan fingerprint density at radius 3 is 2.81 bits per heavy atom. The summed E-state index contributed by atoms with van der Waals surface area (Å²) in [6, 6.07) is 9.81. The largest absolute Gasteiger partial charge is 0.460 e. The number of para-hydroxylation sites is 1. The molecule has 1 aromatic heterocycles. The van der Waals surface area contributed by atoms with E-state index in [1.54, 1.807) is 0 Å². The van der Waals surface area contributed by atoms with Gasteiger partial charge in [0.2, 0.25) is 5.91 Å². The molecule has 1 N–H and O–H groups in total. The van der Waals surface area contributed by atoms with E-state index >= 15 is 0 Å². The van der Waals surface area contributed by atoms with Crippen molar-refractivity contribution < 1.29 is 9.21 Å². The van der Waals surface area contributed by atoms with Crippen molar-refractivity contribution in [1.82, 2.24) is 10.2 Å². The lowest BCUT2D eigenvalue weighted by Crippen LogP contribution is -2.46. The van der Waals surface area contributed by atoms with Crippen molar-refractivity contribution in [1.29, 1.82) is 0 Å². The highest BCUT2D eigenvalue weighted by molar-refractivity contribution is 5.81. The molecular formula is C17H22N2O2. The molecule has 1 fully saturated rings. The van der Waals surface area contributed by atoms with Crippen LogP contribution in [0.15, 0.2) is 34.7 Å². The monoisotopic (exact) mass is 286 g/mol. The van der Waals surface area contributed by atoms with Crippen molar-refractivity contribution in [3.63, 3.8) is 0 Å². The van der Waals surface area contributed by atoms with Crippen LogP contribution >= 0.6 is 0 Å². The summed E-state index contributed by atoms with van der Waals surface area (Å²) in [7, 11) is 0. The summed E-state index contributed by atoms with van der Waals surface area (Å²) in [6.07, 6.45) is 3.49. The van der Waals surface area contributed by atoms with Crippen LogP contribution < -0.4 is 5.32 Å². The lowest BCUT2D eigenvalue weighted by atomic mass is 10.1. The van der Waals surface area contributed by atoms with Gasteiger partial charge < -0.3 is 9.32 Å². The molecule has 1 amide bonds. The van der Waals surface area contributed by atoms with Gasteiger partial charge in [-0.05, 0) is 38.3 Å². The number of carbonyl (C=O) groups excluding carboxylic acids is 1. The van der Waals surface area contributed by atoms with Crippen LogP contribution in [0.4, 0.5) is 0 Å². The first kappa shape index (κ1) is 14.1. The summed E-state index contributed by atoms with van der Waals surface area (Å²) < 4.78 is 5.76. The van der Waals surface area contributed by atoms with Gasteiger partial charge in [-0.2, -0.15) is 0 Å². The molecule has 21 heavy (non-hydrogen) atoms. The molecular weight excluding hydrogens is 264 g/mol. The number of furan rings is 1. The van der Waals surface area contributed by atoms with Gasteiger partial charge in [0.1, 0.15) is 11.3 Å². The molecule has 1 aromatic carbocycles. The minimum atomic E-state index is -0.170. The summed E-state index contributed by atoms with van der Waals surface area (Å²) >= 11 is 0. The second kappa shape index (κ2) is 6.31. The van der Waals surface area contributed by atoms with Crippen LogP contribution in [0.2, 0.25) is 0 Å². The Morgan fingerprint density at radius 2 is 2.05 bits per heavy atom. The highest BCUT2D eigenvalue weighted by atomic mass is 16.3.